The molecule has 0 fully saturated rings. The Balaban J connectivity index is 0.00000121. The standard InChI is InChI=1S/C7H4BrF3.Mg.2H/c8-6-4-2-1-3-5(6)7(9,10)11;;;/h1-4H;;;. The second-order valence-corrected chi connectivity index (χ2v) is 2.83. The predicted octanol–water partition coefficient (Wildman–Crippen LogP) is 2.55. The van der Waals surface area contributed by atoms with Gasteiger partial charge in [-0.25, -0.2) is 0 Å². The van der Waals surface area contributed by atoms with Gasteiger partial charge in [-0.2, -0.15) is 13.2 Å². The first kappa shape index (κ1) is 12.3. The quantitative estimate of drug-likeness (QED) is 0.622. The molecular formula is C7H6BrF3Mg. The summed E-state index contributed by atoms with van der Waals surface area (Å²) in [5, 5.41) is 0. The third-order valence-corrected chi connectivity index (χ3v) is 1.87. The SMILES string of the molecule is FC(F)(F)c1ccccc1Br.[MgH2]. The van der Waals surface area contributed by atoms with Gasteiger partial charge in [0.2, 0.25) is 0 Å². The van der Waals surface area contributed by atoms with Gasteiger partial charge in [0, 0.05) is 4.47 Å². The maximum Gasteiger partial charge on any atom is 0.417 e. The van der Waals surface area contributed by atoms with Gasteiger partial charge >= 0.3 is 29.2 Å². The first-order valence-corrected chi connectivity index (χ1v) is 3.63. The fraction of sp³-hybridized carbons (Fsp3) is 0.143. The number of benzene rings is 1. The van der Waals surface area contributed by atoms with E-state index in [0.29, 0.717) is 0 Å². The minimum atomic E-state index is -4.26. The predicted molar refractivity (Wildman–Crippen MR) is 47.7 cm³/mol. The van der Waals surface area contributed by atoms with Crippen LogP contribution >= 0.6 is 15.9 Å². The summed E-state index contributed by atoms with van der Waals surface area (Å²) in [7, 11) is 0. The molecule has 0 atom stereocenters. The number of hydrogen-bond donors (Lipinski definition) is 0. The molecule has 0 bridgehead atoms. The first-order valence-electron chi connectivity index (χ1n) is 2.83. The lowest BCUT2D eigenvalue weighted by Crippen LogP contribution is -2.05. The highest BCUT2D eigenvalue weighted by Crippen LogP contribution is 2.34. The van der Waals surface area contributed by atoms with Gasteiger partial charge in [0.15, 0.2) is 0 Å². The zero-order chi connectivity index (χ0) is 8.48. The molecule has 0 saturated carbocycles. The zero-order valence-corrected chi connectivity index (χ0v) is 6.91. The van der Waals surface area contributed by atoms with Crippen molar-refractivity contribution >= 4 is 39.0 Å². The molecule has 0 aliphatic heterocycles. The smallest absolute Gasteiger partial charge is 0.166 e. The summed E-state index contributed by atoms with van der Waals surface area (Å²) < 4.78 is 36.1. The van der Waals surface area contributed by atoms with Crippen molar-refractivity contribution in [1.82, 2.24) is 0 Å². The van der Waals surface area contributed by atoms with Crippen molar-refractivity contribution in [2.45, 2.75) is 6.18 Å². The van der Waals surface area contributed by atoms with E-state index >= 15 is 0 Å². The van der Waals surface area contributed by atoms with E-state index in [2.05, 4.69) is 15.9 Å². The van der Waals surface area contributed by atoms with Crippen LogP contribution in [0.3, 0.4) is 0 Å². The second kappa shape index (κ2) is 4.48. The molecule has 64 valence electrons. The molecule has 12 heavy (non-hydrogen) atoms. The highest BCUT2D eigenvalue weighted by atomic mass is 79.9. The Kier molecular flexibility index (Phi) is 4.58. The minimum Gasteiger partial charge on any atom is -0.166 e. The lowest BCUT2D eigenvalue weighted by atomic mass is 10.2. The van der Waals surface area contributed by atoms with Gasteiger partial charge in [0.1, 0.15) is 0 Å². The van der Waals surface area contributed by atoms with Crippen molar-refractivity contribution in [1.29, 1.82) is 0 Å². The molecule has 0 aliphatic carbocycles. The van der Waals surface area contributed by atoms with E-state index in [4.69, 9.17) is 0 Å². The largest absolute Gasteiger partial charge is 0.417 e. The molecule has 0 N–H and O–H groups in total. The summed E-state index contributed by atoms with van der Waals surface area (Å²) in [6, 6.07) is 5.29. The van der Waals surface area contributed by atoms with E-state index in [0.717, 1.165) is 6.07 Å². The molecular weight excluding hydrogens is 245 g/mol. The molecule has 0 heterocycles. The fourth-order valence-corrected chi connectivity index (χ4v) is 1.20. The molecule has 0 unspecified atom stereocenters. The molecule has 5 heteroatoms. The Bertz CT molecular complexity index is 259. The van der Waals surface area contributed by atoms with Crippen LogP contribution in [0.5, 0.6) is 0 Å². The summed E-state index contributed by atoms with van der Waals surface area (Å²) in [6.07, 6.45) is -4.26. The Morgan fingerprint density at radius 2 is 1.58 bits per heavy atom. The molecule has 1 rings (SSSR count). The third-order valence-electron chi connectivity index (χ3n) is 1.18. The molecule has 0 aliphatic rings. The van der Waals surface area contributed by atoms with E-state index < -0.39 is 11.7 Å². The summed E-state index contributed by atoms with van der Waals surface area (Å²) in [6.45, 7) is 0. The van der Waals surface area contributed by atoms with Crippen LogP contribution in [0.2, 0.25) is 0 Å². The van der Waals surface area contributed by atoms with Crippen molar-refractivity contribution in [2.75, 3.05) is 0 Å². The van der Waals surface area contributed by atoms with Gasteiger partial charge in [0.05, 0.1) is 5.56 Å². The minimum absolute atomic E-state index is 0. The number of alkyl halides is 3. The number of rotatable bonds is 0. The van der Waals surface area contributed by atoms with Crippen LogP contribution < -0.4 is 0 Å². The molecule has 1 aromatic carbocycles. The van der Waals surface area contributed by atoms with Gasteiger partial charge in [-0.1, -0.05) is 28.1 Å². The van der Waals surface area contributed by atoms with Gasteiger partial charge in [-0.15, -0.1) is 0 Å². The van der Waals surface area contributed by atoms with Crippen LogP contribution in [0.4, 0.5) is 13.2 Å². The van der Waals surface area contributed by atoms with Gasteiger partial charge < -0.3 is 0 Å². The van der Waals surface area contributed by atoms with Crippen LogP contribution in [-0.2, 0) is 6.18 Å². The summed E-state index contributed by atoms with van der Waals surface area (Å²) in [4.78, 5) is 0. The molecule has 0 aromatic heterocycles. The Morgan fingerprint density at radius 1 is 1.08 bits per heavy atom. The van der Waals surface area contributed by atoms with E-state index in [1.54, 1.807) is 6.07 Å². The number of hydrogen-bond acceptors (Lipinski definition) is 0. The fourth-order valence-electron chi connectivity index (χ4n) is 0.691. The van der Waals surface area contributed by atoms with Crippen molar-refractivity contribution in [3.63, 3.8) is 0 Å². The normalized spacial score (nSPS) is 10.7. The third kappa shape index (κ3) is 2.95. The van der Waals surface area contributed by atoms with Crippen LogP contribution in [0.25, 0.3) is 0 Å². The van der Waals surface area contributed by atoms with E-state index in [1.807, 2.05) is 0 Å². The topological polar surface area (TPSA) is 0 Å². The van der Waals surface area contributed by atoms with Crippen LogP contribution in [0.15, 0.2) is 28.7 Å². The summed E-state index contributed by atoms with van der Waals surface area (Å²) in [5.74, 6) is 0. The Labute approximate surface area is 92.4 Å². The lowest BCUT2D eigenvalue weighted by molar-refractivity contribution is -0.138. The average molecular weight is 251 g/mol. The van der Waals surface area contributed by atoms with Crippen LogP contribution in [0, 0.1) is 0 Å². The lowest BCUT2D eigenvalue weighted by Gasteiger charge is -2.07. The highest BCUT2D eigenvalue weighted by Gasteiger charge is 2.32. The molecule has 0 radical (unpaired) electrons. The van der Waals surface area contributed by atoms with E-state index in [1.165, 1.54) is 12.1 Å². The van der Waals surface area contributed by atoms with Crippen molar-refractivity contribution in [3.8, 4) is 0 Å². The van der Waals surface area contributed by atoms with Gasteiger partial charge in [0.25, 0.3) is 0 Å². The van der Waals surface area contributed by atoms with Gasteiger partial charge in [-0.05, 0) is 12.1 Å². The monoisotopic (exact) mass is 250 g/mol. The molecule has 0 spiro atoms. The average Bonchev–Trinajstić information content (AvgIpc) is 1.86. The Hall–Kier alpha value is 0.256. The van der Waals surface area contributed by atoms with Crippen molar-refractivity contribution in [2.24, 2.45) is 0 Å². The van der Waals surface area contributed by atoms with Crippen molar-refractivity contribution in [3.05, 3.63) is 34.3 Å². The van der Waals surface area contributed by atoms with Gasteiger partial charge in [-0.3, -0.25) is 0 Å². The second-order valence-electron chi connectivity index (χ2n) is 1.98. The van der Waals surface area contributed by atoms with Crippen LogP contribution in [-0.4, -0.2) is 23.1 Å². The van der Waals surface area contributed by atoms with Crippen LogP contribution in [0.1, 0.15) is 5.56 Å². The summed E-state index contributed by atoms with van der Waals surface area (Å²) in [5.41, 5.74) is -0.639. The first-order chi connectivity index (χ1) is 5.02. The van der Waals surface area contributed by atoms with E-state index in [-0.39, 0.29) is 27.5 Å². The maximum absolute atomic E-state index is 12.0. The van der Waals surface area contributed by atoms with Crippen molar-refractivity contribution < 1.29 is 13.2 Å². The zero-order valence-electron chi connectivity index (χ0n) is 5.32. The molecule has 0 amide bonds. The summed E-state index contributed by atoms with van der Waals surface area (Å²) >= 11 is 2.81. The maximum atomic E-state index is 12.0. The Morgan fingerprint density at radius 3 is 1.92 bits per heavy atom. The molecule has 0 nitrogen and oxygen atoms in total. The van der Waals surface area contributed by atoms with E-state index in [9.17, 15) is 13.2 Å². The highest BCUT2D eigenvalue weighted by molar-refractivity contribution is 9.10. The number of halogens is 4. The molecule has 1 aromatic rings. The molecule has 0 saturated heterocycles.